The van der Waals surface area contributed by atoms with E-state index in [9.17, 15) is 9.59 Å². The molecule has 0 aromatic heterocycles. The van der Waals surface area contributed by atoms with Crippen LogP contribution in [0, 0.1) is 0 Å². The van der Waals surface area contributed by atoms with Gasteiger partial charge in [-0.25, -0.2) is 4.79 Å². The van der Waals surface area contributed by atoms with E-state index in [0.717, 1.165) is 11.8 Å². The summed E-state index contributed by atoms with van der Waals surface area (Å²) in [6.07, 6.45) is 0. The highest BCUT2D eigenvalue weighted by molar-refractivity contribution is 8.00. The smallest absolute Gasteiger partial charge is 0.331 e. The van der Waals surface area contributed by atoms with Crippen LogP contribution in [0.15, 0.2) is 0 Å². The molecule has 1 heterocycles. The van der Waals surface area contributed by atoms with E-state index in [4.69, 9.17) is 10.2 Å². The molecule has 1 saturated heterocycles. The van der Waals surface area contributed by atoms with Gasteiger partial charge in [-0.1, -0.05) is 0 Å². The van der Waals surface area contributed by atoms with Crippen molar-refractivity contribution in [3.8, 4) is 0 Å². The zero-order valence-electron chi connectivity index (χ0n) is 5.48. The van der Waals surface area contributed by atoms with Gasteiger partial charge < -0.3 is 10.2 Å². The number of hydrogen-bond acceptors (Lipinski definition) is 4. The third-order valence-electron chi connectivity index (χ3n) is 1.30. The van der Waals surface area contributed by atoms with Crippen molar-refractivity contribution in [3.63, 3.8) is 0 Å². The molecule has 0 aliphatic carbocycles. The zero-order chi connectivity index (χ0) is 8.43. The average molecular weight is 177 g/mol. The van der Waals surface area contributed by atoms with Crippen molar-refractivity contribution in [2.45, 2.75) is 11.4 Å². The Kier molecular flexibility index (Phi) is 2.35. The van der Waals surface area contributed by atoms with Crippen LogP contribution < -0.4 is 5.32 Å². The van der Waals surface area contributed by atoms with E-state index in [-0.39, 0.29) is 0 Å². The average Bonchev–Trinajstić information content (AvgIpc) is 2.33. The molecule has 0 bridgehead atoms. The highest BCUT2D eigenvalue weighted by Crippen LogP contribution is 2.18. The molecule has 0 spiro atoms. The van der Waals surface area contributed by atoms with Gasteiger partial charge in [-0.15, -0.1) is 11.8 Å². The van der Waals surface area contributed by atoms with Crippen LogP contribution in [0.5, 0.6) is 0 Å². The summed E-state index contributed by atoms with van der Waals surface area (Å²) >= 11 is 1.10. The van der Waals surface area contributed by atoms with E-state index < -0.39 is 23.4 Å². The second-order valence-corrected chi connectivity index (χ2v) is 3.25. The minimum Gasteiger partial charge on any atom is -0.480 e. The van der Waals surface area contributed by atoms with Gasteiger partial charge in [0, 0.05) is 5.75 Å². The van der Waals surface area contributed by atoms with E-state index >= 15 is 0 Å². The summed E-state index contributed by atoms with van der Waals surface area (Å²) in [5.41, 5.74) is 0. The first-order valence-electron chi connectivity index (χ1n) is 2.94. The van der Waals surface area contributed by atoms with E-state index in [1.807, 2.05) is 0 Å². The Morgan fingerprint density at radius 1 is 1.36 bits per heavy atom. The maximum absolute atomic E-state index is 10.3. The van der Waals surface area contributed by atoms with Crippen molar-refractivity contribution in [1.29, 1.82) is 0 Å². The lowest BCUT2D eigenvalue weighted by molar-refractivity contribution is -0.139. The molecule has 0 aromatic carbocycles. The third kappa shape index (κ3) is 1.84. The summed E-state index contributed by atoms with van der Waals surface area (Å²) in [5.74, 6) is -1.70. The molecule has 1 aliphatic rings. The molecular formula is C5H7NO4S. The maximum Gasteiger partial charge on any atom is 0.331 e. The number of aliphatic carboxylic acids is 2. The first-order valence-corrected chi connectivity index (χ1v) is 3.99. The van der Waals surface area contributed by atoms with Crippen molar-refractivity contribution >= 4 is 23.7 Å². The number of carboxylic acids is 2. The molecule has 0 unspecified atom stereocenters. The van der Waals surface area contributed by atoms with Gasteiger partial charge in [-0.05, 0) is 0 Å². The lowest BCUT2D eigenvalue weighted by Crippen LogP contribution is -2.39. The summed E-state index contributed by atoms with van der Waals surface area (Å²) in [4.78, 5) is 20.6. The Bertz CT molecular complexity index is 175. The maximum atomic E-state index is 10.3. The number of rotatable bonds is 2. The van der Waals surface area contributed by atoms with Gasteiger partial charge in [0.25, 0.3) is 0 Å². The summed E-state index contributed by atoms with van der Waals surface area (Å²) in [5, 5.41) is 18.6. The van der Waals surface area contributed by atoms with Crippen LogP contribution in [-0.2, 0) is 9.59 Å². The molecule has 1 rings (SSSR count). The second-order valence-electron chi connectivity index (χ2n) is 2.11. The molecule has 5 nitrogen and oxygen atoms in total. The SMILES string of the molecule is O=C(O)[C@H]1CS[C@@H](C(=O)O)N1. The summed E-state index contributed by atoms with van der Waals surface area (Å²) < 4.78 is 0. The van der Waals surface area contributed by atoms with E-state index in [2.05, 4.69) is 5.32 Å². The predicted octanol–water partition coefficient (Wildman–Crippen LogP) is -0.813. The highest BCUT2D eigenvalue weighted by atomic mass is 32.2. The Balaban J connectivity index is 2.47. The van der Waals surface area contributed by atoms with Gasteiger partial charge in [0.05, 0.1) is 0 Å². The molecule has 1 fully saturated rings. The fourth-order valence-corrected chi connectivity index (χ4v) is 1.78. The molecule has 0 aromatic rings. The van der Waals surface area contributed by atoms with Crippen LogP contribution in [0.25, 0.3) is 0 Å². The molecule has 11 heavy (non-hydrogen) atoms. The minimum atomic E-state index is -1.02. The minimum absolute atomic E-state index is 0.312. The van der Waals surface area contributed by atoms with Gasteiger partial charge in [-0.2, -0.15) is 0 Å². The second kappa shape index (κ2) is 3.10. The fourth-order valence-electron chi connectivity index (χ4n) is 0.757. The van der Waals surface area contributed by atoms with Crippen LogP contribution in [-0.4, -0.2) is 39.3 Å². The molecule has 6 heteroatoms. The van der Waals surface area contributed by atoms with Crippen LogP contribution in [0.1, 0.15) is 0 Å². The van der Waals surface area contributed by atoms with Gasteiger partial charge in [0.1, 0.15) is 6.04 Å². The van der Waals surface area contributed by atoms with E-state index in [1.54, 1.807) is 0 Å². The van der Waals surface area contributed by atoms with Crippen molar-refractivity contribution in [3.05, 3.63) is 0 Å². The molecule has 62 valence electrons. The van der Waals surface area contributed by atoms with Crippen molar-refractivity contribution in [2.75, 3.05) is 5.75 Å². The van der Waals surface area contributed by atoms with Crippen molar-refractivity contribution < 1.29 is 19.8 Å². The van der Waals surface area contributed by atoms with Crippen LogP contribution in [0.3, 0.4) is 0 Å². The number of hydrogen-bond donors (Lipinski definition) is 3. The molecule has 0 radical (unpaired) electrons. The number of thioether (sulfide) groups is 1. The van der Waals surface area contributed by atoms with Gasteiger partial charge >= 0.3 is 11.9 Å². The Hall–Kier alpha value is -0.750. The first kappa shape index (κ1) is 8.35. The summed E-state index contributed by atoms with van der Waals surface area (Å²) in [7, 11) is 0. The lowest BCUT2D eigenvalue weighted by Gasteiger charge is -2.04. The van der Waals surface area contributed by atoms with Gasteiger partial charge in [0.2, 0.25) is 0 Å². The Morgan fingerprint density at radius 3 is 2.27 bits per heavy atom. The number of carboxylic acid groups (broad SMARTS) is 2. The van der Waals surface area contributed by atoms with Crippen molar-refractivity contribution in [2.24, 2.45) is 0 Å². The largest absolute Gasteiger partial charge is 0.480 e. The first-order chi connectivity index (χ1) is 5.11. The summed E-state index contributed by atoms with van der Waals surface area (Å²) in [6, 6.07) is -0.721. The van der Waals surface area contributed by atoms with E-state index in [0.29, 0.717) is 5.75 Å². The molecule has 2 atom stereocenters. The van der Waals surface area contributed by atoms with Crippen LogP contribution in [0.4, 0.5) is 0 Å². The van der Waals surface area contributed by atoms with Crippen LogP contribution >= 0.6 is 11.8 Å². The molecular weight excluding hydrogens is 170 g/mol. The van der Waals surface area contributed by atoms with Crippen LogP contribution in [0.2, 0.25) is 0 Å². The number of carbonyl (C=O) groups is 2. The van der Waals surface area contributed by atoms with Gasteiger partial charge in [-0.3, -0.25) is 10.1 Å². The van der Waals surface area contributed by atoms with E-state index in [1.165, 1.54) is 0 Å². The number of nitrogens with one attached hydrogen (secondary N) is 1. The highest BCUT2D eigenvalue weighted by Gasteiger charge is 2.33. The standard InChI is InChI=1S/C5H7NO4S/c7-4(8)2-1-11-3(6-2)5(9)10/h2-3,6H,1H2,(H,7,8)(H,9,10)/t2-,3+/m1/s1. The van der Waals surface area contributed by atoms with Crippen molar-refractivity contribution in [1.82, 2.24) is 5.32 Å². The quantitative estimate of drug-likeness (QED) is 0.511. The Morgan fingerprint density at radius 2 is 2.00 bits per heavy atom. The summed E-state index contributed by atoms with van der Waals surface area (Å²) in [6.45, 7) is 0. The fraction of sp³-hybridized carbons (Fsp3) is 0.600. The monoisotopic (exact) mass is 177 g/mol. The Labute approximate surface area is 66.8 Å². The molecule has 1 aliphatic heterocycles. The third-order valence-corrected chi connectivity index (χ3v) is 2.50. The molecule has 3 N–H and O–H groups in total. The molecule has 0 saturated carbocycles. The molecule has 0 amide bonds. The normalized spacial score (nSPS) is 30.2. The van der Waals surface area contributed by atoms with Gasteiger partial charge in [0.15, 0.2) is 5.37 Å². The lowest BCUT2D eigenvalue weighted by atomic mass is 10.3. The predicted molar refractivity (Wildman–Crippen MR) is 38.4 cm³/mol. The topological polar surface area (TPSA) is 86.6 Å². The zero-order valence-corrected chi connectivity index (χ0v) is 6.30.